The first-order valence-corrected chi connectivity index (χ1v) is 8.26. The van der Waals surface area contributed by atoms with Gasteiger partial charge < -0.3 is 0 Å². The maximum atomic E-state index is 12.1. The number of nitrogens with one attached hydrogen (secondary N) is 1. The topological polar surface area (TPSA) is 49.4 Å². The molecule has 1 heterocycles. The van der Waals surface area contributed by atoms with E-state index in [2.05, 4.69) is 11.6 Å². The van der Waals surface area contributed by atoms with Gasteiger partial charge in [-0.25, -0.2) is 4.72 Å². The van der Waals surface area contributed by atoms with Crippen LogP contribution in [-0.4, -0.2) is 38.2 Å². The van der Waals surface area contributed by atoms with Crippen molar-refractivity contribution in [2.45, 2.75) is 32.6 Å². The minimum Gasteiger partial charge on any atom is -0.202 e. The van der Waals surface area contributed by atoms with Crippen LogP contribution in [0.5, 0.6) is 0 Å². The molecule has 0 bridgehead atoms. The SMILES string of the molecule is CC1CCN(S(=O)(=O)NCC2(CCl)CC2)CC1. The predicted octanol–water partition coefficient (Wildman–Crippen LogP) is 1.57. The molecule has 1 aliphatic heterocycles. The van der Waals surface area contributed by atoms with Gasteiger partial charge >= 0.3 is 0 Å². The number of rotatable bonds is 5. The lowest BCUT2D eigenvalue weighted by atomic mass is 10.0. The molecule has 2 rings (SSSR count). The molecule has 0 radical (unpaired) electrons. The first-order valence-electron chi connectivity index (χ1n) is 6.28. The van der Waals surface area contributed by atoms with Gasteiger partial charge in [0.15, 0.2) is 0 Å². The van der Waals surface area contributed by atoms with Crippen molar-refractivity contribution in [1.29, 1.82) is 0 Å². The van der Waals surface area contributed by atoms with Crippen LogP contribution in [0.25, 0.3) is 0 Å². The monoisotopic (exact) mass is 280 g/mol. The van der Waals surface area contributed by atoms with Crippen LogP contribution in [0.15, 0.2) is 0 Å². The lowest BCUT2D eigenvalue weighted by Crippen LogP contribution is -2.46. The van der Waals surface area contributed by atoms with Crippen LogP contribution in [0.3, 0.4) is 0 Å². The second-order valence-corrected chi connectivity index (χ2v) is 7.56. The van der Waals surface area contributed by atoms with E-state index in [0.29, 0.717) is 31.4 Å². The fourth-order valence-electron chi connectivity index (χ4n) is 2.10. The molecule has 1 N–H and O–H groups in total. The van der Waals surface area contributed by atoms with Crippen LogP contribution >= 0.6 is 11.6 Å². The molecule has 0 amide bonds. The van der Waals surface area contributed by atoms with E-state index < -0.39 is 10.2 Å². The van der Waals surface area contributed by atoms with Crippen molar-refractivity contribution in [3.63, 3.8) is 0 Å². The highest BCUT2D eigenvalue weighted by molar-refractivity contribution is 7.87. The van der Waals surface area contributed by atoms with E-state index in [0.717, 1.165) is 25.7 Å². The Labute approximate surface area is 109 Å². The summed E-state index contributed by atoms with van der Waals surface area (Å²) in [6.07, 6.45) is 4.00. The Morgan fingerprint density at radius 1 is 1.35 bits per heavy atom. The number of nitrogens with zero attached hydrogens (tertiary/aromatic N) is 1. The Morgan fingerprint density at radius 3 is 2.41 bits per heavy atom. The van der Waals surface area contributed by atoms with Crippen molar-refractivity contribution in [2.75, 3.05) is 25.5 Å². The molecule has 0 unspecified atom stereocenters. The summed E-state index contributed by atoms with van der Waals surface area (Å²) in [6, 6.07) is 0. The van der Waals surface area contributed by atoms with Gasteiger partial charge in [-0.2, -0.15) is 12.7 Å². The number of halogens is 1. The zero-order valence-electron chi connectivity index (χ0n) is 10.3. The Morgan fingerprint density at radius 2 is 1.94 bits per heavy atom. The van der Waals surface area contributed by atoms with Crippen molar-refractivity contribution < 1.29 is 8.42 Å². The molecule has 1 saturated heterocycles. The van der Waals surface area contributed by atoms with E-state index in [9.17, 15) is 8.42 Å². The Hall–Kier alpha value is 0.160. The van der Waals surface area contributed by atoms with E-state index in [-0.39, 0.29) is 5.41 Å². The molecule has 2 fully saturated rings. The highest BCUT2D eigenvalue weighted by atomic mass is 35.5. The van der Waals surface area contributed by atoms with Crippen LogP contribution in [0, 0.1) is 11.3 Å². The molecule has 100 valence electrons. The third-order valence-electron chi connectivity index (χ3n) is 3.95. The van der Waals surface area contributed by atoms with E-state index in [1.165, 1.54) is 0 Å². The summed E-state index contributed by atoms with van der Waals surface area (Å²) in [5.74, 6) is 1.19. The summed E-state index contributed by atoms with van der Waals surface area (Å²) in [5.41, 5.74) is 0.0394. The van der Waals surface area contributed by atoms with Crippen LogP contribution in [0.4, 0.5) is 0 Å². The smallest absolute Gasteiger partial charge is 0.202 e. The third-order valence-corrected chi connectivity index (χ3v) is 6.07. The Bertz CT molecular complexity index is 360. The van der Waals surface area contributed by atoms with E-state index >= 15 is 0 Å². The number of hydrogen-bond donors (Lipinski definition) is 1. The van der Waals surface area contributed by atoms with Crippen LogP contribution in [0.1, 0.15) is 32.6 Å². The van der Waals surface area contributed by atoms with Gasteiger partial charge in [0.05, 0.1) is 0 Å². The lowest BCUT2D eigenvalue weighted by Gasteiger charge is -2.29. The standard InChI is InChI=1S/C11H21ClN2O2S/c1-10-2-6-14(7-3-10)17(15,16)13-9-11(8-12)4-5-11/h10,13H,2-9H2,1H3. The summed E-state index contributed by atoms with van der Waals surface area (Å²) in [5, 5.41) is 0. The van der Waals surface area contributed by atoms with Crippen molar-refractivity contribution in [3.05, 3.63) is 0 Å². The number of piperidine rings is 1. The molecule has 0 aromatic rings. The quantitative estimate of drug-likeness (QED) is 0.777. The third kappa shape index (κ3) is 3.34. The van der Waals surface area contributed by atoms with Gasteiger partial charge in [-0.05, 0) is 37.0 Å². The first kappa shape index (κ1) is 13.6. The summed E-state index contributed by atoms with van der Waals surface area (Å²) in [4.78, 5) is 0. The zero-order valence-corrected chi connectivity index (χ0v) is 11.9. The summed E-state index contributed by atoms with van der Waals surface area (Å²) >= 11 is 5.84. The molecular weight excluding hydrogens is 260 g/mol. The molecule has 1 saturated carbocycles. The maximum absolute atomic E-state index is 12.1. The zero-order chi connectivity index (χ0) is 12.5. The van der Waals surface area contributed by atoms with Crippen molar-refractivity contribution in [3.8, 4) is 0 Å². The van der Waals surface area contributed by atoms with Gasteiger partial charge in [0, 0.05) is 25.5 Å². The highest BCUT2D eigenvalue weighted by Crippen LogP contribution is 2.46. The predicted molar refractivity (Wildman–Crippen MR) is 69.3 cm³/mol. The summed E-state index contributed by atoms with van der Waals surface area (Å²) in [7, 11) is -3.29. The molecule has 1 aliphatic carbocycles. The number of alkyl halides is 1. The average molecular weight is 281 g/mol. The Balaban J connectivity index is 1.86. The molecule has 17 heavy (non-hydrogen) atoms. The number of hydrogen-bond acceptors (Lipinski definition) is 2. The highest BCUT2D eigenvalue weighted by Gasteiger charge is 2.42. The first-order chi connectivity index (χ1) is 7.97. The van der Waals surface area contributed by atoms with E-state index in [4.69, 9.17) is 11.6 Å². The van der Waals surface area contributed by atoms with Gasteiger partial charge in [0.25, 0.3) is 10.2 Å². The van der Waals surface area contributed by atoms with Gasteiger partial charge in [0.2, 0.25) is 0 Å². The molecule has 0 aromatic carbocycles. The molecule has 6 heteroatoms. The van der Waals surface area contributed by atoms with Crippen molar-refractivity contribution in [1.82, 2.24) is 9.03 Å². The molecule has 2 aliphatic rings. The second-order valence-electron chi connectivity index (χ2n) is 5.54. The van der Waals surface area contributed by atoms with Crippen LogP contribution in [-0.2, 0) is 10.2 Å². The fraction of sp³-hybridized carbons (Fsp3) is 1.00. The van der Waals surface area contributed by atoms with Gasteiger partial charge in [-0.3, -0.25) is 0 Å². The van der Waals surface area contributed by atoms with Crippen LogP contribution in [0.2, 0.25) is 0 Å². The normalized spacial score (nSPS) is 26.0. The van der Waals surface area contributed by atoms with E-state index in [1.807, 2.05) is 0 Å². The van der Waals surface area contributed by atoms with Crippen molar-refractivity contribution in [2.24, 2.45) is 11.3 Å². The van der Waals surface area contributed by atoms with Crippen LogP contribution < -0.4 is 4.72 Å². The fourth-order valence-corrected chi connectivity index (χ4v) is 3.82. The minimum absolute atomic E-state index is 0.0394. The van der Waals surface area contributed by atoms with Gasteiger partial charge in [0.1, 0.15) is 0 Å². The lowest BCUT2D eigenvalue weighted by molar-refractivity contribution is 0.284. The molecule has 0 spiro atoms. The summed E-state index contributed by atoms with van der Waals surface area (Å²) < 4.78 is 28.4. The van der Waals surface area contributed by atoms with Gasteiger partial charge in [-0.1, -0.05) is 6.92 Å². The minimum atomic E-state index is -3.29. The average Bonchev–Trinajstić information content (AvgIpc) is 3.08. The maximum Gasteiger partial charge on any atom is 0.279 e. The molecule has 4 nitrogen and oxygen atoms in total. The molecular formula is C11H21ClN2O2S. The largest absolute Gasteiger partial charge is 0.279 e. The van der Waals surface area contributed by atoms with Crippen molar-refractivity contribution >= 4 is 21.8 Å². The Kier molecular flexibility index (Phi) is 4.02. The molecule has 0 atom stereocenters. The second kappa shape index (κ2) is 5.03. The van der Waals surface area contributed by atoms with Gasteiger partial charge in [-0.15, -0.1) is 11.6 Å². The molecule has 0 aromatic heterocycles. The van der Waals surface area contributed by atoms with E-state index in [1.54, 1.807) is 4.31 Å². The summed E-state index contributed by atoms with van der Waals surface area (Å²) in [6.45, 7) is 3.95.